The molecule has 0 aromatic heterocycles. The van der Waals surface area contributed by atoms with Crippen molar-refractivity contribution in [2.75, 3.05) is 0 Å². The van der Waals surface area contributed by atoms with Crippen LogP contribution in [-0.4, -0.2) is 0 Å². The summed E-state index contributed by atoms with van der Waals surface area (Å²) in [6, 6.07) is 6.16. The Hall–Kier alpha value is 0.140. The standard InChI is InChI=1S/C9H11Br2N/c1-2-8(12)6-4-3-5-7(10)9(6)11/h3-5,8H,2,12H2,1H3. The Morgan fingerprint density at radius 2 is 2.08 bits per heavy atom. The fourth-order valence-electron chi connectivity index (χ4n) is 1.03. The van der Waals surface area contributed by atoms with Gasteiger partial charge in [0, 0.05) is 15.0 Å². The van der Waals surface area contributed by atoms with Crippen LogP contribution in [0.5, 0.6) is 0 Å². The van der Waals surface area contributed by atoms with Crippen LogP contribution in [0.2, 0.25) is 0 Å². The predicted molar refractivity (Wildman–Crippen MR) is 59.1 cm³/mol. The molecule has 0 saturated heterocycles. The molecule has 3 heteroatoms. The molecule has 0 fully saturated rings. The van der Waals surface area contributed by atoms with Gasteiger partial charge in [-0.2, -0.15) is 0 Å². The molecule has 1 rings (SSSR count). The van der Waals surface area contributed by atoms with Crippen molar-refractivity contribution in [3.63, 3.8) is 0 Å². The summed E-state index contributed by atoms with van der Waals surface area (Å²) in [5, 5.41) is 0. The van der Waals surface area contributed by atoms with Crippen LogP contribution >= 0.6 is 31.9 Å². The van der Waals surface area contributed by atoms with E-state index in [2.05, 4.69) is 38.8 Å². The summed E-state index contributed by atoms with van der Waals surface area (Å²) in [7, 11) is 0. The zero-order valence-electron chi connectivity index (χ0n) is 6.85. The minimum absolute atomic E-state index is 0.122. The summed E-state index contributed by atoms with van der Waals surface area (Å²) in [6.07, 6.45) is 0.953. The van der Waals surface area contributed by atoms with E-state index in [0.29, 0.717) is 0 Å². The average Bonchev–Trinajstić information content (AvgIpc) is 2.08. The molecule has 1 atom stereocenters. The van der Waals surface area contributed by atoms with Crippen LogP contribution in [0.1, 0.15) is 24.9 Å². The van der Waals surface area contributed by atoms with Gasteiger partial charge in [0.15, 0.2) is 0 Å². The number of nitrogens with two attached hydrogens (primary N) is 1. The van der Waals surface area contributed by atoms with Gasteiger partial charge in [-0.15, -0.1) is 0 Å². The third-order valence-electron chi connectivity index (χ3n) is 1.82. The van der Waals surface area contributed by atoms with Crippen LogP contribution in [-0.2, 0) is 0 Å². The molecule has 66 valence electrons. The Bertz CT molecular complexity index is 273. The van der Waals surface area contributed by atoms with Crippen molar-refractivity contribution in [1.82, 2.24) is 0 Å². The number of rotatable bonds is 2. The van der Waals surface area contributed by atoms with Crippen molar-refractivity contribution in [2.24, 2.45) is 5.73 Å². The Balaban J connectivity index is 3.07. The van der Waals surface area contributed by atoms with Crippen LogP contribution < -0.4 is 5.73 Å². The summed E-state index contributed by atoms with van der Waals surface area (Å²) < 4.78 is 2.13. The molecule has 0 bridgehead atoms. The molecule has 0 radical (unpaired) electrons. The Morgan fingerprint density at radius 3 is 2.67 bits per heavy atom. The van der Waals surface area contributed by atoms with E-state index in [0.717, 1.165) is 20.9 Å². The number of benzene rings is 1. The van der Waals surface area contributed by atoms with Crippen LogP contribution in [0.4, 0.5) is 0 Å². The molecule has 1 aromatic carbocycles. The van der Waals surface area contributed by atoms with Gasteiger partial charge in [0.2, 0.25) is 0 Å². The molecular weight excluding hydrogens is 282 g/mol. The number of hydrogen-bond donors (Lipinski definition) is 1. The second-order valence-corrected chi connectivity index (χ2v) is 4.31. The summed E-state index contributed by atoms with van der Waals surface area (Å²) in [4.78, 5) is 0. The predicted octanol–water partition coefficient (Wildman–Crippen LogP) is 3.62. The second kappa shape index (κ2) is 4.40. The molecule has 0 amide bonds. The molecule has 1 unspecified atom stereocenters. The van der Waals surface area contributed by atoms with Gasteiger partial charge in [0.05, 0.1) is 0 Å². The van der Waals surface area contributed by atoms with Gasteiger partial charge in [-0.05, 0) is 49.9 Å². The first-order chi connectivity index (χ1) is 5.66. The molecule has 0 aliphatic carbocycles. The Morgan fingerprint density at radius 1 is 1.42 bits per heavy atom. The van der Waals surface area contributed by atoms with Crippen LogP contribution in [0.15, 0.2) is 27.1 Å². The van der Waals surface area contributed by atoms with Gasteiger partial charge in [-0.3, -0.25) is 0 Å². The topological polar surface area (TPSA) is 26.0 Å². The Labute approximate surface area is 89.6 Å². The van der Waals surface area contributed by atoms with E-state index in [1.165, 1.54) is 0 Å². The first-order valence-corrected chi connectivity index (χ1v) is 5.45. The first-order valence-electron chi connectivity index (χ1n) is 3.86. The molecule has 12 heavy (non-hydrogen) atoms. The van der Waals surface area contributed by atoms with Gasteiger partial charge < -0.3 is 5.73 Å². The maximum atomic E-state index is 5.91. The third kappa shape index (κ3) is 2.09. The van der Waals surface area contributed by atoms with Crippen molar-refractivity contribution >= 4 is 31.9 Å². The minimum Gasteiger partial charge on any atom is -0.324 e. The molecule has 0 aliphatic rings. The highest BCUT2D eigenvalue weighted by molar-refractivity contribution is 9.13. The summed E-state index contributed by atoms with van der Waals surface area (Å²) in [5.74, 6) is 0. The van der Waals surface area contributed by atoms with Gasteiger partial charge in [0.1, 0.15) is 0 Å². The highest BCUT2D eigenvalue weighted by atomic mass is 79.9. The lowest BCUT2D eigenvalue weighted by molar-refractivity contribution is 0.695. The monoisotopic (exact) mass is 291 g/mol. The van der Waals surface area contributed by atoms with Gasteiger partial charge in [-0.25, -0.2) is 0 Å². The molecule has 1 aromatic rings. The first kappa shape index (κ1) is 10.2. The van der Waals surface area contributed by atoms with Gasteiger partial charge in [-0.1, -0.05) is 19.1 Å². The highest BCUT2D eigenvalue weighted by Crippen LogP contribution is 2.30. The molecule has 0 heterocycles. The molecule has 2 N–H and O–H groups in total. The quantitative estimate of drug-likeness (QED) is 0.885. The average molecular weight is 293 g/mol. The van der Waals surface area contributed by atoms with Gasteiger partial charge >= 0.3 is 0 Å². The van der Waals surface area contributed by atoms with Crippen molar-refractivity contribution in [3.05, 3.63) is 32.7 Å². The number of halogens is 2. The van der Waals surface area contributed by atoms with Crippen LogP contribution in [0.25, 0.3) is 0 Å². The minimum atomic E-state index is 0.122. The van der Waals surface area contributed by atoms with Crippen molar-refractivity contribution < 1.29 is 0 Å². The molecule has 0 aliphatic heterocycles. The Kier molecular flexibility index (Phi) is 3.75. The van der Waals surface area contributed by atoms with E-state index < -0.39 is 0 Å². The zero-order valence-corrected chi connectivity index (χ0v) is 10.0. The normalized spacial score (nSPS) is 13.0. The van der Waals surface area contributed by atoms with Crippen molar-refractivity contribution in [2.45, 2.75) is 19.4 Å². The number of hydrogen-bond acceptors (Lipinski definition) is 1. The van der Waals surface area contributed by atoms with Crippen molar-refractivity contribution in [3.8, 4) is 0 Å². The fourth-order valence-corrected chi connectivity index (χ4v) is 1.97. The summed E-state index contributed by atoms with van der Waals surface area (Å²) in [5.41, 5.74) is 7.07. The maximum Gasteiger partial charge on any atom is 0.0365 e. The van der Waals surface area contributed by atoms with E-state index in [9.17, 15) is 0 Å². The van der Waals surface area contributed by atoms with E-state index in [-0.39, 0.29) is 6.04 Å². The smallest absolute Gasteiger partial charge is 0.0365 e. The zero-order chi connectivity index (χ0) is 9.14. The van der Waals surface area contributed by atoms with Crippen LogP contribution in [0.3, 0.4) is 0 Å². The molecule has 0 spiro atoms. The molecular formula is C9H11Br2N. The van der Waals surface area contributed by atoms with E-state index in [1.54, 1.807) is 0 Å². The lowest BCUT2D eigenvalue weighted by atomic mass is 10.1. The fraction of sp³-hybridized carbons (Fsp3) is 0.333. The summed E-state index contributed by atoms with van der Waals surface area (Å²) in [6.45, 7) is 2.08. The highest BCUT2D eigenvalue weighted by Gasteiger charge is 2.08. The van der Waals surface area contributed by atoms with E-state index in [4.69, 9.17) is 5.73 Å². The third-order valence-corrected chi connectivity index (χ3v) is 3.90. The molecule has 0 saturated carbocycles. The van der Waals surface area contributed by atoms with Crippen molar-refractivity contribution in [1.29, 1.82) is 0 Å². The maximum absolute atomic E-state index is 5.91. The van der Waals surface area contributed by atoms with E-state index in [1.807, 2.05) is 18.2 Å². The second-order valence-electron chi connectivity index (χ2n) is 2.66. The molecule has 1 nitrogen and oxygen atoms in total. The van der Waals surface area contributed by atoms with E-state index >= 15 is 0 Å². The van der Waals surface area contributed by atoms with Crippen LogP contribution in [0, 0.1) is 0 Å². The lowest BCUT2D eigenvalue weighted by Gasteiger charge is -2.11. The summed E-state index contributed by atoms with van der Waals surface area (Å²) >= 11 is 6.94. The van der Waals surface area contributed by atoms with Gasteiger partial charge in [0.25, 0.3) is 0 Å². The largest absolute Gasteiger partial charge is 0.324 e. The lowest BCUT2D eigenvalue weighted by Crippen LogP contribution is -2.09. The SMILES string of the molecule is CCC(N)c1cccc(Br)c1Br.